The molecule has 2 saturated carbocycles. The summed E-state index contributed by atoms with van der Waals surface area (Å²) in [7, 11) is -3.44. The van der Waals surface area contributed by atoms with Gasteiger partial charge in [-0.25, -0.2) is 13.1 Å². The Balaban J connectivity index is 1.43. The van der Waals surface area contributed by atoms with Crippen LogP contribution in [0.2, 0.25) is 0 Å². The van der Waals surface area contributed by atoms with Crippen molar-refractivity contribution in [3.05, 3.63) is 30.3 Å². The van der Waals surface area contributed by atoms with E-state index in [0.717, 1.165) is 32.1 Å². The number of hydrogen-bond donors (Lipinski definition) is 2. The van der Waals surface area contributed by atoms with Crippen molar-refractivity contribution < 1.29 is 13.2 Å². The highest BCUT2D eigenvalue weighted by Gasteiger charge is 2.30. The maximum Gasteiger partial charge on any atom is 0.240 e. The summed E-state index contributed by atoms with van der Waals surface area (Å²) in [4.78, 5) is 12.9. The second kappa shape index (κ2) is 9.20. The van der Waals surface area contributed by atoms with Crippen molar-refractivity contribution in [1.29, 1.82) is 0 Å². The summed E-state index contributed by atoms with van der Waals surface area (Å²) in [5.41, 5.74) is 0. The van der Waals surface area contributed by atoms with E-state index in [1.807, 2.05) is 0 Å². The summed E-state index contributed by atoms with van der Waals surface area (Å²) < 4.78 is 27.4. The molecular weight excluding hydrogens is 360 g/mol. The predicted molar refractivity (Wildman–Crippen MR) is 107 cm³/mol. The Labute approximate surface area is 163 Å². The molecule has 1 aromatic rings. The molecule has 2 fully saturated rings. The SMILES string of the molecule is C[C@H]1CCCC[C@H]1NC(=O)C1CCC(CNS(=O)(=O)c2ccccc2)CC1. The molecule has 0 spiro atoms. The summed E-state index contributed by atoms with van der Waals surface area (Å²) in [6.45, 7) is 2.69. The van der Waals surface area contributed by atoms with E-state index in [0.29, 0.717) is 29.3 Å². The quantitative estimate of drug-likeness (QED) is 0.778. The minimum Gasteiger partial charge on any atom is -0.353 e. The van der Waals surface area contributed by atoms with E-state index >= 15 is 0 Å². The van der Waals surface area contributed by atoms with Crippen molar-refractivity contribution in [1.82, 2.24) is 10.0 Å². The molecule has 5 nitrogen and oxygen atoms in total. The lowest BCUT2D eigenvalue weighted by Gasteiger charge is -2.33. The van der Waals surface area contributed by atoms with E-state index in [1.165, 1.54) is 19.3 Å². The van der Waals surface area contributed by atoms with Crippen LogP contribution < -0.4 is 10.0 Å². The zero-order chi connectivity index (χ0) is 19.3. The first-order chi connectivity index (χ1) is 13.0. The van der Waals surface area contributed by atoms with Crippen LogP contribution in [0.25, 0.3) is 0 Å². The summed E-state index contributed by atoms with van der Waals surface area (Å²) in [6.07, 6.45) is 8.30. The molecule has 2 aliphatic carbocycles. The molecule has 0 saturated heterocycles. The molecule has 2 aliphatic rings. The number of amides is 1. The smallest absolute Gasteiger partial charge is 0.240 e. The van der Waals surface area contributed by atoms with Crippen LogP contribution in [0.5, 0.6) is 0 Å². The van der Waals surface area contributed by atoms with E-state index in [1.54, 1.807) is 30.3 Å². The van der Waals surface area contributed by atoms with Crippen molar-refractivity contribution in [3.63, 3.8) is 0 Å². The highest BCUT2D eigenvalue weighted by atomic mass is 32.2. The summed E-state index contributed by atoms with van der Waals surface area (Å²) in [5, 5.41) is 3.28. The number of carbonyl (C=O) groups excluding carboxylic acids is 1. The minimum absolute atomic E-state index is 0.0844. The zero-order valence-corrected chi connectivity index (χ0v) is 17.0. The van der Waals surface area contributed by atoms with Crippen LogP contribution in [-0.4, -0.2) is 26.9 Å². The normalized spacial score (nSPS) is 29.2. The fourth-order valence-electron chi connectivity index (χ4n) is 4.37. The predicted octanol–water partition coefficient (Wildman–Crippen LogP) is 3.47. The van der Waals surface area contributed by atoms with E-state index in [-0.39, 0.29) is 11.8 Å². The van der Waals surface area contributed by atoms with Crippen LogP contribution in [0.15, 0.2) is 35.2 Å². The highest BCUT2D eigenvalue weighted by Crippen LogP contribution is 2.30. The molecule has 2 N–H and O–H groups in total. The fourth-order valence-corrected chi connectivity index (χ4v) is 5.51. The zero-order valence-electron chi connectivity index (χ0n) is 16.2. The van der Waals surface area contributed by atoms with E-state index < -0.39 is 10.0 Å². The van der Waals surface area contributed by atoms with Crippen LogP contribution in [0.1, 0.15) is 58.3 Å². The molecular formula is C21H32N2O3S. The Morgan fingerprint density at radius 1 is 1.00 bits per heavy atom. The maximum atomic E-state index is 12.6. The first-order valence-electron chi connectivity index (χ1n) is 10.3. The number of hydrogen-bond acceptors (Lipinski definition) is 3. The molecule has 27 heavy (non-hydrogen) atoms. The number of carbonyl (C=O) groups is 1. The van der Waals surface area contributed by atoms with Crippen molar-refractivity contribution >= 4 is 15.9 Å². The lowest BCUT2D eigenvalue weighted by atomic mass is 9.80. The van der Waals surface area contributed by atoms with Crippen LogP contribution in [0.4, 0.5) is 0 Å². The van der Waals surface area contributed by atoms with Crippen molar-refractivity contribution in [2.75, 3.05) is 6.54 Å². The van der Waals surface area contributed by atoms with Gasteiger partial charge < -0.3 is 5.32 Å². The molecule has 0 aromatic heterocycles. The van der Waals surface area contributed by atoms with Gasteiger partial charge in [0.1, 0.15) is 0 Å². The number of sulfonamides is 1. The van der Waals surface area contributed by atoms with E-state index in [2.05, 4.69) is 17.0 Å². The Morgan fingerprint density at radius 2 is 1.67 bits per heavy atom. The molecule has 150 valence electrons. The molecule has 1 aromatic carbocycles. The van der Waals surface area contributed by atoms with Crippen molar-refractivity contribution in [3.8, 4) is 0 Å². The summed E-state index contributed by atoms with van der Waals surface area (Å²) >= 11 is 0. The van der Waals surface area contributed by atoms with Crippen molar-refractivity contribution in [2.24, 2.45) is 17.8 Å². The molecule has 0 heterocycles. The summed E-state index contributed by atoms with van der Waals surface area (Å²) in [5.74, 6) is 1.17. The van der Waals surface area contributed by atoms with Crippen LogP contribution in [-0.2, 0) is 14.8 Å². The van der Waals surface area contributed by atoms with Gasteiger partial charge in [-0.3, -0.25) is 4.79 Å². The number of nitrogens with one attached hydrogen (secondary N) is 2. The summed E-state index contributed by atoms with van der Waals surface area (Å²) in [6, 6.07) is 8.81. The Morgan fingerprint density at radius 3 is 2.33 bits per heavy atom. The first-order valence-corrected chi connectivity index (χ1v) is 11.8. The van der Waals surface area contributed by atoms with Gasteiger partial charge in [-0.1, -0.05) is 38.0 Å². The van der Waals surface area contributed by atoms with Gasteiger partial charge in [0.25, 0.3) is 0 Å². The van der Waals surface area contributed by atoms with Gasteiger partial charge in [0, 0.05) is 18.5 Å². The lowest BCUT2D eigenvalue weighted by molar-refractivity contribution is -0.127. The molecule has 0 radical (unpaired) electrons. The van der Waals surface area contributed by atoms with Gasteiger partial charge in [0.05, 0.1) is 4.90 Å². The van der Waals surface area contributed by atoms with Crippen LogP contribution >= 0.6 is 0 Å². The molecule has 2 atom stereocenters. The van der Waals surface area contributed by atoms with Crippen molar-refractivity contribution in [2.45, 2.75) is 69.2 Å². The molecule has 0 bridgehead atoms. The third-order valence-corrected chi connectivity index (χ3v) is 7.71. The van der Waals surface area contributed by atoms with Crippen LogP contribution in [0, 0.1) is 17.8 Å². The van der Waals surface area contributed by atoms with Gasteiger partial charge >= 0.3 is 0 Å². The van der Waals surface area contributed by atoms with Gasteiger partial charge in [0.2, 0.25) is 15.9 Å². The van der Waals surface area contributed by atoms with Crippen LogP contribution in [0.3, 0.4) is 0 Å². The standard InChI is InChI=1S/C21H32N2O3S/c1-16-7-5-6-10-20(16)23-21(24)18-13-11-17(12-14-18)15-22-27(25,26)19-8-3-2-4-9-19/h2-4,8-9,16-18,20,22H,5-7,10-15H2,1H3,(H,23,24)/t16-,17?,18?,20+/m0/s1. The highest BCUT2D eigenvalue weighted by molar-refractivity contribution is 7.89. The topological polar surface area (TPSA) is 75.3 Å². The Kier molecular flexibility index (Phi) is 6.93. The number of benzene rings is 1. The molecule has 3 rings (SSSR count). The Bertz CT molecular complexity index is 712. The minimum atomic E-state index is -3.44. The maximum absolute atomic E-state index is 12.6. The average Bonchev–Trinajstić information content (AvgIpc) is 2.69. The molecule has 6 heteroatoms. The lowest BCUT2D eigenvalue weighted by Crippen LogP contribution is -2.44. The Hall–Kier alpha value is -1.40. The monoisotopic (exact) mass is 392 g/mol. The van der Waals surface area contributed by atoms with Gasteiger partial charge in [-0.15, -0.1) is 0 Å². The molecule has 0 unspecified atom stereocenters. The first kappa shape index (κ1) is 20.3. The second-order valence-electron chi connectivity index (χ2n) is 8.26. The third-order valence-electron chi connectivity index (χ3n) is 6.27. The van der Waals surface area contributed by atoms with Gasteiger partial charge in [-0.2, -0.15) is 0 Å². The molecule has 0 aliphatic heterocycles. The fraction of sp³-hybridized carbons (Fsp3) is 0.667. The average molecular weight is 393 g/mol. The largest absolute Gasteiger partial charge is 0.353 e. The van der Waals surface area contributed by atoms with Gasteiger partial charge in [-0.05, 0) is 62.5 Å². The van der Waals surface area contributed by atoms with Gasteiger partial charge in [0.15, 0.2) is 0 Å². The number of rotatable bonds is 6. The van der Waals surface area contributed by atoms with E-state index in [4.69, 9.17) is 0 Å². The second-order valence-corrected chi connectivity index (χ2v) is 10.0. The van der Waals surface area contributed by atoms with E-state index in [9.17, 15) is 13.2 Å². The third kappa shape index (κ3) is 5.55. The molecule has 1 amide bonds.